The van der Waals surface area contributed by atoms with E-state index in [9.17, 15) is 9.59 Å². The van der Waals surface area contributed by atoms with Gasteiger partial charge >= 0.3 is 11.9 Å². The molecule has 0 aliphatic carbocycles. The Morgan fingerprint density at radius 2 is 1.26 bits per heavy atom. The molecule has 0 amide bonds. The summed E-state index contributed by atoms with van der Waals surface area (Å²) in [7, 11) is 2.71. The van der Waals surface area contributed by atoms with Crippen LogP contribution in [-0.4, -0.2) is 26.2 Å². The van der Waals surface area contributed by atoms with E-state index in [-0.39, 0.29) is 0 Å². The van der Waals surface area contributed by atoms with E-state index in [1.165, 1.54) is 14.2 Å². The van der Waals surface area contributed by atoms with E-state index < -0.39 is 11.9 Å². The highest BCUT2D eigenvalue weighted by atomic mass is 16.5. The molecule has 2 aromatic rings. The fourth-order valence-corrected chi connectivity index (χ4v) is 2.87. The number of benzene rings is 2. The lowest BCUT2D eigenvalue weighted by atomic mass is 10.0. The van der Waals surface area contributed by atoms with Crippen molar-refractivity contribution in [2.45, 2.75) is 12.8 Å². The summed E-state index contributed by atoms with van der Waals surface area (Å²) in [6.07, 6.45) is 1.54. The summed E-state index contributed by atoms with van der Waals surface area (Å²) in [6, 6.07) is 11.0. The van der Waals surface area contributed by atoms with Crippen LogP contribution in [0.4, 0.5) is 11.4 Å². The standard InChI is InChI=1S/C18H17NO4/c1-22-17(20)13-7-3-5-11-9-10-12-6-4-8-14(18(21)23-2)16(12)19-15(11)13/h3-8,19H,9-10H2,1-2H3. The Balaban J connectivity index is 2.16. The Labute approximate surface area is 134 Å². The van der Waals surface area contributed by atoms with Gasteiger partial charge in [-0.2, -0.15) is 0 Å². The number of para-hydroxylation sites is 2. The van der Waals surface area contributed by atoms with Gasteiger partial charge in [-0.1, -0.05) is 24.3 Å². The lowest BCUT2D eigenvalue weighted by Gasteiger charge is -2.15. The normalized spacial score (nSPS) is 12.3. The molecule has 0 fully saturated rings. The summed E-state index contributed by atoms with van der Waals surface area (Å²) in [5, 5.41) is 3.27. The van der Waals surface area contributed by atoms with Crippen molar-refractivity contribution in [2.24, 2.45) is 0 Å². The smallest absolute Gasteiger partial charge is 0.339 e. The first-order valence-electron chi connectivity index (χ1n) is 7.33. The van der Waals surface area contributed by atoms with Crippen molar-refractivity contribution in [3.63, 3.8) is 0 Å². The van der Waals surface area contributed by atoms with E-state index >= 15 is 0 Å². The number of hydrogen-bond acceptors (Lipinski definition) is 5. The van der Waals surface area contributed by atoms with Gasteiger partial charge in [0.05, 0.1) is 36.7 Å². The quantitative estimate of drug-likeness (QED) is 0.863. The number of nitrogens with one attached hydrogen (secondary N) is 1. The van der Waals surface area contributed by atoms with Crippen LogP contribution in [-0.2, 0) is 22.3 Å². The van der Waals surface area contributed by atoms with Gasteiger partial charge in [0, 0.05) is 0 Å². The van der Waals surface area contributed by atoms with Gasteiger partial charge in [0.15, 0.2) is 0 Å². The van der Waals surface area contributed by atoms with Gasteiger partial charge in [0.25, 0.3) is 0 Å². The van der Waals surface area contributed by atoms with Crippen LogP contribution >= 0.6 is 0 Å². The number of methoxy groups -OCH3 is 2. The summed E-state index contributed by atoms with van der Waals surface area (Å²) in [5.74, 6) is -0.818. The molecule has 0 aromatic heterocycles. The molecule has 1 aliphatic heterocycles. The molecule has 0 saturated carbocycles. The Bertz CT molecular complexity index is 717. The van der Waals surface area contributed by atoms with E-state index in [1.807, 2.05) is 24.3 Å². The molecule has 2 aromatic carbocycles. The molecule has 0 saturated heterocycles. The van der Waals surface area contributed by atoms with Gasteiger partial charge in [-0.05, 0) is 36.1 Å². The van der Waals surface area contributed by atoms with E-state index in [4.69, 9.17) is 9.47 Å². The maximum Gasteiger partial charge on any atom is 0.339 e. The minimum atomic E-state index is -0.409. The molecule has 3 rings (SSSR count). The highest BCUT2D eigenvalue weighted by Gasteiger charge is 2.23. The molecule has 118 valence electrons. The molecule has 1 heterocycles. The Hall–Kier alpha value is -2.82. The highest BCUT2D eigenvalue weighted by Crippen LogP contribution is 2.35. The third-order valence-corrected chi connectivity index (χ3v) is 4.03. The number of carbonyl (C=O) groups is 2. The number of fused-ring (bicyclic) bond motifs is 2. The highest BCUT2D eigenvalue weighted by molar-refractivity contribution is 6.01. The Morgan fingerprint density at radius 1 is 0.826 bits per heavy atom. The maximum absolute atomic E-state index is 12.0. The van der Waals surface area contributed by atoms with Gasteiger partial charge in [0.2, 0.25) is 0 Å². The first kappa shape index (κ1) is 15.1. The molecule has 5 heteroatoms. The molecule has 1 N–H and O–H groups in total. The second kappa shape index (κ2) is 6.12. The minimum absolute atomic E-state index is 0.409. The average molecular weight is 311 g/mol. The van der Waals surface area contributed by atoms with E-state index in [0.717, 1.165) is 24.0 Å². The predicted octanol–water partition coefficient (Wildman–Crippen LogP) is 3.10. The SMILES string of the molecule is COC(=O)c1cccc2c1Nc1c(cccc1C(=O)OC)CC2. The van der Waals surface area contributed by atoms with Crippen molar-refractivity contribution >= 4 is 23.3 Å². The number of carbonyl (C=O) groups excluding carboxylic acids is 2. The first-order chi connectivity index (χ1) is 11.2. The van der Waals surface area contributed by atoms with Crippen LogP contribution < -0.4 is 5.32 Å². The molecule has 0 atom stereocenters. The van der Waals surface area contributed by atoms with Crippen molar-refractivity contribution in [3.05, 3.63) is 58.7 Å². The number of esters is 2. The van der Waals surface area contributed by atoms with Gasteiger partial charge in [-0.15, -0.1) is 0 Å². The number of hydrogen-bond donors (Lipinski definition) is 1. The zero-order chi connectivity index (χ0) is 16.4. The largest absolute Gasteiger partial charge is 0.465 e. The van der Waals surface area contributed by atoms with Crippen molar-refractivity contribution in [3.8, 4) is 0 Å². The molecule has 0 spiro atoms. The predicted molar refractivity (Wildman–Crippen MR) is 86.3 cm³/mol. The van der Waals surface area contributed by atoms with Crippen molar-refractivity contribution in [2.75, 3.05) is 19.5 Å². The zero-order valence-electron chi connectivity index (χ0n) is 13.0. The van der Waals surface area contributed by atoms with Crippen LogP contribution in [0, 0.1) is 0 Å². The fourth-order valence-electron chi connectivity index (χ4n) is 2.87. The van der Waals surface area contributed by atoms with Crippen LogP contribution in [0.2, 0.25) is 0 Å². The summed E-state index contributed by atoms with van der Waals surface area (Å²) < 4.78 is 9.72. The van der Waals surface area contributed by atoms with E-state index in [0.29, 0.717) is 22.5 Å². The van der Waals surface area contributed by atoms with Gasteiger partial charge in [-0.25, -0.2) is 9.59 Å². The molecule has 1 aliphatic rings. The molecular weight excluding hydrogens is 294 g/mol. The van der Waals surface area contributed by atoms with Crippen molar-refractivity contribution < 1.29 is 19.1 Å². The van der Waals surface area contributed by atoms with E-state index in [1.54, 1.807) is 12.1 Å². The summed E-state index contributed by atoms with van der Waals surface area (Å²) in [4.78, 5) is 24.1. The van der Waals surface area contributed by atoms with Crippen LogP contribution in [0.5, 0.6) is 0 Å². The third kappa shape index (κ3) is 2.65. The van der Waals surface area contributed by atoms with Crippen LogP contribution in [0.15, 0.2) is 36.4 Å². The second-order valence-corrected chi connectivity index (χ2v) is 5.29. The second-order valence-electron chi connectivity index (χ2n) is 5.29. The summed E-state index contributed by atoms with van der Waals surface area (Å²) in [5.41, 5.74) is 4.32. The molecule has 5 nitrogen and oxygen atoms in total. The number of anilines is 2. The number of ether oxygens (including phenoxy) is 2. The molecule has 0 radical (unpaired) electrons. The molecule has 23 heavy (non-hydrogen) atoms. The van der Waals surface area contributed by atoms with Gasteiger partial charge in [-0.3, -0.25) is 0 Å². The molecule has 0 bridgehead atoms. The lowest BCUT2D eigenvalue weighted by Crippen LogP contribution is -2.10. The monoisotopic (exact) mass is 311 g/mol. The van der Waals surface area contributed by atoms with Crippen molar-refractivity contribution in [1.82, 2.24) is 0 Å². The Morgan fingerprint density at radius 3 is 1.65 bits per heavy atom. The summed E-state index contributed by atoms with van der Waals surface area (Å²) in [6.45, 7) is 0. The zero-order valence-corrected chi connectivity index (χ0v) is 13.0. The van der Waals surface area contributed by atoms with E-state index in [2.05, 4.69) is 5.32 Å². The Kier molecular flexibility index (Phi) is 4.02. The maximum atomic E-state index is 12.0. The third-order valence-electron chi connectivity index (χ3n) is 4.03. The van der Waals surface area contributed by atoms with Gasteiger partial charge < -0.3 is 14.8 Å². The topological polar surface area (TPSA) is 64.6 Å². The molecular formula is C18H17NO4. The lowest BCUT2D eigenvalue weighted by molar-refractivity contribution is 0.0593. The van der Waals surface area contributed by atoms with Crippen LogP contribution in [0.25, 0.3) is 0 Å². The summed E-state index contributed by atoms with van der Waals surface area (Å²) >= 11 is 0. The first-order valence-corrected chi connectivity index (χ1v) is 7.33. The fraction of sp³-hybridized carbons (Fsp3) is 0.222. The van der Waals surface area contributed by atoms with Crippen LogP contribution in [0.3, 0.4) is 0 Å². The average Bonchev–Trinajstić information content (AvgIpc) is 2.79. The molecule has 0 unspecified atom stereocenters. The van der Waals surface area contributed by atoms with Crippen LogP contribution in [0.1, 0.15) is 31.8 Å². The van der Waals surface area contributed by atoms with Gasteiger partial charge in [0.1, 0.15) is 0 Å². The number of rotatable bonds is 2. The number of aryl methyl sites for hydroxylation is 2. The van der Waals surface area contributed by atoms with Crippen molar-refractivity contribution in [1.29, 1.82) is 0 Å². The minimum Gasteiger partial charge on any atom is -0.465 e.